The molecule has 21 heavy (non-hydrogen) atoms. The Morgan fingerprint density at radius 3 is 2.33 bits per heavy atom. The summed E-state index contributed by atoms with van der Waals surface area (Å²) < 4.78 is 6.33. The first-order chi connectivity index (χ1) is 9.97. The van der Waals surface area contributed by atoms with Gasteiger partial charge >= 0.3 is 0 Å². The third-order valence-corrected chi connectivity index (χ3v) is 3.91. The summed E-state index contributed by atoms with van der Waals surface area (Å²) in [5.74, 6) is -0.891. The Hall–Kier alpha value is -1.60. The molecular formula is C14H12Br2N2O3. The Labute approximate surface area is 138 Å². The second-order valence-corrected chi connectivity index (χ2v) is 6.00. The molecule has 1 heterocycles. The number of rotatable bonds is 5. The van der Waals surface area contributed by atoms with Crippen LogP contribution in [0.5, 0.6) is 0 Å². The second-order valence-electron chi connectivity index (χ2n) is 4.36. The molecule has 0 unspecified atom stereocenters. The summed E-state index contributed by atoms with van der Waals surface area (Å²) in [6, 6.07) is 9.03. The van der Waals surface area contributed by atoms with E-state index in [0.29, 0.717) is 10.2 Å². The molecule has 0 saturated heterocycles. The topological polar surface area (TPSA) is 76.5 Å². The predicted octanol–water partition coefficient (Wildman–Crippen LogP) is 2.93. The van der Waals surface area contributed by atoms with Gasteiger partial charge in [0.05, 0.1) is 18.4 Å². The van der Waals surface area contributed by atoms with Gasteiger partial charge in [-0.15, -0.1) is 0 Å². The SMILES string of the molecule is NC(=O)CN(Cc1ccc(Br)cc1)C(=O)c1ccoc1Br. The van der Waals surface area contributed by atoms with Crippen molar-refractivity contribution in [2.75, 3.05) is 6.54 Å². The van der Waals surface area contributed by atoms with E-state index in [1.54, 1.807) is 6.07 Å². The Morgan fingerprint density at radius 2 is 1.81 bits per heavy atom. The van der Waals surface area contributed by atoms with Crippen LogP contribution in [0.2, 0.25) is 0 Å². The number of carbonyl (C=O) groups is 2. The van der Waals surface area contributed by atoms with Gasteiger partial charge in [-0.05, 0) is 39.7 Å². The molecule has 7 heteroatoms. The van der Waals surface area contributed by atoms with Crippen molar-refractivity contribution >= 4 is 43.7 Å². The van der Waals surface area contributed by atoms with Gasteiger partial charge in [0.15, 0.2) is 4.67 Å². The van der Waals surface area contributed by atoms with Crippen LogP contribution >= 0.6 is 31.9 Å². The molecule has 2 aromatic rings. The third-order valence-electron chi connectivity index (χ3n) is 2.77. The number of hydrogen-bond acceptors (Lipinski definition) is 3. The highest BCUT2D eigenvalue weighted by atomic mass is 79.9. The lowest BCUT2D eigenvalue weighted by Crippen LogP contribution is -2.38. The number of nitrogens with two attached hydrogens (primary N) is 1. The summed E-state index contributed by atoms with van der Waals surface area (Å²) >= 11 is 6.51. The van der Waals surface area contributed by atoms with E-state index >= 15 is 0 Å². The first kappa shape index (κ1) is 15.8. The highest BCUT2D eigenvalue weighted by Gasteiger charge is 2.21. The van der Waals surface area contributed by atoms with Gasteiger partial charge in [0.2, 0.25) is 5.91 Å². The molecule has 0 bridgehead atoms. The highest BCUT2D eigenvalue weighted by molar-refractivity contribution is 9.10. The molecule has 0 aliphatic rings. The average molecular weight is 416 g/mol. The first-order valence-corrected chi connectivity index (χ1v) is 7.61. The molecule has 0 aliphatic heterocycles. The van der Waals surface area contributed by atoms with Crippen LogP contribution in [-0.4, -0.2) is 23.3 Å². The lowest BCUT2D eigenvalue weighted by Gasteiger charge is -2.21. The molecule has 2 rings (SSSR count). The van der Waals surface area contributed by atoms with E-state index < -0.39 is 5.91 Å². The molecule has 0 saturated carbocycles. The van der Waals surface area contributed by atoms with E-state index in [9.17, 15) is 9.59 Å². The molecule has 0 fully saturated rings. The van der Waals surface area contributed by atoms with Gasteiger partial charge in [0, 0.05) is 11.0 Å². The molecule has 2 N–H and O–H groups in total. The quantitative estimate of drug-likeness (QED) is 0.815. The van der Waals surface area contributed by atoms with E-state index in [-0.39, 0.29) is 19.0 Å². The zero-order chi connectivity index (χ0) is 15.4. The number of primary amides is 1. The van der Waals surface area contributed by atoms with Gasteiger partial charge in [-0.2, -0.15) is 0 Å². The van der Waals surface area contributed by atoms with Gasteiger partial charge in [-0.3, -0.25) is 9.59 Å². The van der Waals surface area contributed by atoms with Crippen LogP contribution in [0.3, 0.4) is 0 Å². The molecule has 1 aromatic heterocycles. The molecular weight excluding hydrogens is 404 g/mol. The van der Waals surface area contributed by atoms with Crippen LogP contribution < -0.4 is 5.73 Å². The largest absolute Gasteiger partial charge is 0.457 e. The van der Waals surface area contributed by atoms with E-state index in [1.165, 1.54) is 11.2 Å². The van der Waals surface area contributed by atoms with Crippen molar-refractivity contribution in [1.82, 2.24) is 4.90 Å². The predicted molar refractivity (Wildman–Crippen MR) is 84.5 cm³/mol. The normalized spacial score (nSPS) is 10.4. The third kappa shape index (κ3) is 4.18. The summed E-state index contributed by atoms with van der Waals surface area (Å²) in [6.45, 7) is 0.124. The molecule has 1 aromatic carbocycles. The Morgan fingerprint density at radius 1 is 1.14 bits per heavy atom. The molecule has 5 nitrogen and oxygen atoms in total. The van der Waals surface area contributed by atoms with Gasteiger partial charge in [0.1, 0.15) is 0 Å². The Kier molecular flexibility index (Phi) is 5.19. The molecule has 2 amide bonds. The van der Waals surface area contributed by atoms with E-state index in [0.717, 1.165) is 10.0 Å². The summed E-state index contributed by atoms with van der Waals surface area (Å²) in [4.78, 5) is 25.0. The van der Waals surface area contributed by atoms with Gasteiger partial charge < -0.3 is 15.1 Å². The number of benzene rings is 1. The number of halogens is 2. The van der Waals surface area contributed by atoms with Gasteiger partial charge in [-0.25, -0.2) is 0 Å². The fourth-order valence-corrected chi connectivity index (χ4v) is 2.49. The monoisotopic (exact) mass is 414 g/mol. The summed E-state index contributed by atoms with van der Waals surface area (Å²) in [5.41, 5.74) is 6.48. The van der Waals surface area contributed by atoms with Crippen LogP contribution in [0.15, 0.2) is 50.2 Å². The second kappa shape index (κ2) is 6.91. The number of hydrogen-bond donors (Lipinski definition) is 1. The van der Waals surface area contributed by atoms with Crippen molar-refractivity contribution in [3.63, 3.8) is 0 Å². The number of nitrogens with zero attached hydrogens (tertiary/aromatic N) is 1. The van der Waals surface area contributed by atoms with Crippen molar-refractivity contribution in [2.24, 2.45) is 5.73 Å². The fourth-order valence-electron chi connectivity index (χ4n) is 1.81. The first-order valence-electron chi connectivity index (χ1n) is 6.02. The minimum Gasteiger partial charge on any atom is -0.457 e. The lowest BCUT2D eigenvalue weighted by molar-refractivity contribution is -0.118. The van der Waals surface area contributed by atoms with Crippen molar-refractivity contribution in [3.8, 4) is 0 Å². The molecule has 0 aliphatic carbocycles. The van der Waals surface area contributed by atoms with Crippen molar-refractivity contribution in [2.45, 2.75) is 6.54 Å². The summed E-state index contributed by atoms with van der Waals surface area (Å²) in [6.07, 6.45) is 1.40. The van der Waals surface area contributed by atoms with Crippen LogP contribution in [0, 0.1) is 0 Å². The van der Waals surface area contributed by atoms with Gasteiger partial charge in [-0.1, -0.05) is 28.1 Å². The van der Waals surface area contributed by atoms with Crippen LogP contribution in [0.1, 0.15) is 15.9 Å². The van der Waals surface area contributed by atoms with E-state index in [2.05, 4.69) is 31.9 Å². The zero-order valence-corrected chi connectivity index (χ0v) is 14.1. The average Bonchev–Trinajstić information content (AvgIpc) is 2.85. The molecule has 110 valence electrons. The van der Waals surface area contributed by atoms with Crippen LogP contribution in [-0.2, 0) is 11.3 Å². The maximum atomic E-state index is 12.5. The highest BCUT2D eigenvalue weighted by Crippen LogP contribution is 2.20. The van der Waals surface area contributed by atoms with Crippen molar-refractivity contribution in [1.29, 1.82) is 0 Å². The number of furan rings is 1. The Balaban J connectivity index is 2.22. The minimum absolute atomic E-state index is 0.160. The summed E-state index contributed by atoms with van der Waals surface area (Å²) in [7, 11) is 0. The summed E-state index contributed by atoms with van der Waals surface area (Å²) in [5, 5.41) is 0. The van der Waals surface area contributed by atoms with Gasteiger partial charge in [0.25, 0.3) is 5.91 Å². The lowest BCUT2D eigenvalue weighted by atomic mass is 10.2. The Bertz CT molecular complexity index is 652. The van der Waals surface area contributed by atoms with E-state index in [4.69, 9.17) is 10.2 Å². The number of amides is 2. The fraction of sp³-hybridized carbons (Fsp3) is 0.143. The smallest absolute Gasteiger partial charge is 0.259 e. The minimum atomic E-state index is -0.569. The zero-order valence-electron chi connectivity index (χ0n) is 10.9. The molecule has 0 atom stereocenters. The maximum absolute atomic E-state index is 12.5. The van der Waals surface area contributed by atoms with Crippen molar-refractivity contribution in [3.05, 3.63) is 56.9 Å². The van der Waals surface area contributed by atoms with Crippen LogP contribution in [0.25, 0.3) is 0 Å². The van der Waals surface area contributed by atoms with E-state index in [1.807, 2.05) is 24.3 Å². The van der Waals surface area contributed by atoms with Crippen molar-refractivity contribution < 1.29 is 14.0 Å². The molecule has 0 radical (unpaired) electrons. The van der Waals surface area contributed by atoms with Crippen LogP contribution in [0.4, 0.5) is 0 Å². The maximum Gasteiger partial charge on any atom is 0.259 e. The standard InChI is InChI=1S/C14H12Br2N2O3/c15-10-3-1-9(2-4-10)7-18(8-12(17)19)14(20)11-5-6-21-13(11)16/h1-6H,7-8H2,(H2,17,19). The molecule has 0 spiro atoms. The number of carbonyl (C=O) groups excluding carboxylic acids is 2.